The molecule has 2 atom stereocenters. The third kappa shape index (κ3) is 5.14. The maximum Gasteiger partial charge on any atom is -0.00106 e. The molecule has 3 rings (SSSR count). The summed E-state index contributed by atoms with van der Waals surface area (Å²) in [6, 6.07) is 14.3. The summed E-state index contributed by atoms with van der Waals surface area (Å²) >= 11 is 0. The zero-order valence-corrected chi connectivity index (χ0v) is 19.4. The summed E-state index contributed by atoms with van der Waals surface area (Å²) in [5.74, 6) is 1.43. The number of unbranched alkanes of at least 4 members (excludes halogenated alkanes) is 4. The van der Waals surface area contributed by atoms with Crippen molar-refractivity contribution >= 4 is 0 Å². The van der Waals surface area contributed by atoms with Gasteiger partial charge in [0.1, 0.15) is 0 Å². The van der Waals surface area contributed by atoms with Crippen LogP contribution >= 0.6 is 0 Å². The van der Waals surface area contributed by atoms with Gasteiger partial charge in [-0.1, -0.05) is 103 Å². The zero-order chi connectivity index (χ0) is 20.6. The average molecular weight is 391 g/mol. The first-order valence-electron chi connectivity index (χ1n) is 12.5. The number of hydrogen-bond acceptors (Lipinski definition) is 0. The molecular formula is C29H42. The van der Waals surface area contributed by atoms with Crippen LogP contribution in [0.25, 0.3) is 11.1 Å². The summed E-state index contributed by atoms with van der Waals surface area (Å²) in [5.41, 5.74) is 9.52. The summed E-state index contributed by atoms with van der Waals surface area (Å²) in [6.45, 7) is 9.41. The van der Waals surface area contributed by atoms with Crippen LogP contribution in [0.5, 0.6) is 0 Å². The van der Waals surface area contributed by atoms with Crippen molar-refractivity contribution in [1.29, 1.82) is 0 Å². The summed E-state index contributed by atoms with van der Waals surface area (Å²) < 4.78 is 0. The fourth-order valence-electron chi connectivity index (χ4n) is 5.35. The Morgan fingerprint density at radius 2 is 1.38 bits per heavy atom. The Morgan fingerprint density at radius 1 is 0.724 bits per heavy atom. The average Bonchev–Trinajstić information content (AvgIpc) is 3.13. The molecule has 2 aromatic rings. The topological polar surface area (TPSA) is 0 Å². The SMILES string of the molecule is CCCCCC(CC)c1cc2c(c(C(CC)CCCCC)c1)Cc1ccccc1-2. The Bertz CT molecular complexity index is 770. The summed E-state index contributed by atoms with van der Waals surface area (Å²) in [4.78, 5) is 0. The molecule has 0 nitrogen and oxygen atoms in total. The zero-order valence-electron chi connectivity index (χ0n) is 19.4. The lowest BCUT2D eigenvalue weighted by Crippen LogP contribution is -2.06. The minimum Gasteiger partial charge on any atom is -0.0654 e. The molecule has 0 fully saturated rings. The van der Waals surface area contributed by atoms with Gasteiger partial charge in [-0.15, -0.1) is 0 Å². The molecule has 0 radical (unpaired) electrons. The molecule has 0 saturated carbocycles. The minimum absolute atomic E-state index is 0.714. The lowest BCUT2D eigenvalue weighted by atomic mass is 9.81. The first-order valence-corrected chi connectivity index (χ1v) is 12.5. The summed E-state index contributed by atoms with van der Waals surface area (Å²) in [5, 5.41) is 0. The molecule has 0 N–H and O–H groups in total. The van der Waals surface area contributed by atoms with Gasteiger partial charge in [0.25, 0.3) is 0 Å². The van der Waals surface area contributed by atoms with Gasteiger partial charge in [0, 0.05) is 0 Å². The third-order valence-electron chi connectivity index (χ3n) is 7.19. The van der Waals surface area contributed by atoms with Gasteiger partial charge >= 0.3 is 0 Å². The largest absolute Gasteiger partial charge is 0.0654 e. The Hall–Kier alpha value is -1.56. The number of hydrogen-bond donors (Lipinski definition) is 0. The van der Waals surface area contributed by atoms with Crippen molar-refractivity contribution in [3.8, 4) is 11.1 Å². The first kappa shape index (κ1) is 22.1. The lowest BCUT2D eigenvalue weighted by molar-refractivity contribution is 0.541. The monoisotopic (exact) mass is 390 g/mol. The Balaban J connectivity index is 2.00. The van der Waals surface area contributed by atoms with E-state index in [0.29, 0.717) is 5.92 Å². The van der Waals surface area contributed by atoms with Crippen LogP contribution in [-0.4, -0.2) is 0 Å². The van der Waals surface area contributed by atoms with E-state index in [-0.39, 0.29) is 0 Å². The molecule has 2 aromatic carbocycles. The van der Waals surface area contributed by atoms with E-state index in [1.807, 2.05) is 0 Å². The summed E-state index contributed by atoms with van der Waals surface area (Å²) in [6.07, 6.45) is 14.5. The molecule has 0 aromatic heterocycles. The van der Waals surface area contributed by atoms with Crippen molar-refractivity contribution in [2.75, 3.05) is 0 Å². The smallest absolute Gasteiger partial charge is 0.00106 e. The van der Waals surface area contributed by atoms with Crippen molar-refractivity contribution in [2.24, 2.45) is 0 Å². The van der Waals surface area contributed by atoms with Gasteiger partial charge in [0.2, 0.25) is 0 Å². The predicted molar refractivity (Wildman–Crippen MR) is 129 cm³/mol. The first-order chi connectivity index (χ1) is 14.2. The number of fused-ring (bicyclic) bond motifs is 3. The van der Waals surface area contributed by atoms with Crippen molar-refractivity contribution in [3.05, 3.63) is 58.7 Å². The van der Waals surface area contributed by atoms with Gasteiger partial charge in [-0.25, -0.2) is 0 Å². The Kier molecular flexibility index (Phi) is 8.40. The van der Waals surface area contributed by atoms with E-state index >= 15 is 0 Å². The molecular weight excluding hydrogens is 348 g/mol. The molecule has 0 spiro atoms. The normalized spacial score (nSPS) is 14.5. The van der Waals surface area contributed by atoms with E-state index < -0.39 is 0 Å². The molecule has 2 unspecified atom stereocenters. The minimum atomic E-state index is 0.714. The molecule has 0 bridgehead atoms. The van der Waals surface area contributed by atoms with Crippen LogP contribution in [0.2, 0.25) is 0 Å². The van der Waals surface area contributed by atoms with Crippen LogP contribution in [0.4, 0.5) is 0 Å². The van der Waals surface area contributed by atoms with Crippen molar-refractivity contribution < 1.29 is 0 Å². The molecule has 158 valence electrons. The molecule has 0 heteroatoms. The number of benzene rings is 2. The summed E-state index contributed by atoms with van der Waals surface area (Å²) in [7, 11) is 0. The van der Waals surface area contributed by atoms with E-state index in [0.717, 1.165) is 12.3 Å². The maximum absolute atomic E-state index is 2.64. The quantitative estimate of drug-likeness (QED) is 0.270. The molecule has 0 aliphatic heterocycles. The molecule has 0 saturated heterocycles. The fraction of sp³-hybridized carbons (Fsp3) is 0.586. The van der Waals surface area contributed by atoms with Gasteiger partial charge in [-0.3, -0.25) is 0 Å². The Morgan fingerprint density at radius 3 is 2.03 bits per heavy atom. The van der Waals surface area contributed by atoms with Gasteiger partial charge in [0.15, 0.2) is 0 Å². The van der Waals surface area contributed by atoms with Crippen LogP contribution < -0.4 is 0 Å². The third-order valence-corrected chi connectivity index (χ3v) is 7.19. The van der Waals surface area contributed by atoms with E-state index in [1.165, 1.54) is 75.3 Å². The molecule has 0 heterocycles. The number of rotatable bonds is 12. The van der Waals surface area contributed by atoms with Gasteiger partial charge in [-0.2, -0.15) is 0 Å². The van der Waals surface area contributed by atoms with E-state index in [2.05, 4.69) is 64.1 Å². The van der Waals surface area contributed by atoms with Crippen LogP contribution in [0.15, 0.2) is 36.4 Å². The van der Waals surface area contributed by atoms with Crippen LogP contribution in [0, 0.1) is 0 Å². The lowest BCUT2D eigenvalue weighted by Gasteiger charge is -2.24. The van der Waals surface area contributed by atoms with E-state index in [1.54, 1.807) is 22.3 Å². The van der Waals surface area contributed by atoms with Gasteiger partial charge in [0.05, 0.1) is 0 Å². The Labute approximate surface area is 180 Å². The molecule has 0 amide bonds. The molecule has 29 heavy (non-hydrogen) atoms. The van der Waals surface area contributed by atoms with E-state index in [4.69, 9.17) is 0 Å². The van der Waals surface area contributed by atoms with Gasteiger partial charge in [-0.05, 0) is 77.3 Å². The van der Waals surface area contributed by atoms with Crippen molar-refractivity contribution in [2.45, 2.75) is 110 Å². The highest BCUT2D eigenvalue weighted by atomic mass is 14.3. The highest BCUT2D eigenvalue weighted by molar-refractivity contribution is 5.79. The van der Waals surface area contributed by atoms with Gasteiger partial charge < -0.3 is 0 Å². The highest BCUT2D eigenvalue weighted by Gasteiger charge is 2.26. The second kappa shape index (κ2) is 11.0. The van der Waals surface area contributed by atoms with Crippen LogP contribution in [0.1, 0.15) is 126 Å². The second-order valence-corrected chi connectivity index (χ2v) is 9.17. The van der Waals surface area contributed by atoms with Crippen molar-refractivity contribution in [1.82, 2.24) is 0 Å². The van der Waals surface area contributed by atoms with Crippen molar-refractivity contribution in [3.63, 3.8) is 0 Å². The highest BCUT2D eigenvalue weighted by Crippen LogP contribution is 2.44. The predicted octanol–water partition coefficient (Wildman–Crippen LogP) is 9.41. The molecule has 1 aliphatic carbocycles. The van der Waals surface area contributed by atoms with Crippen LogP contribution in [-0.2, 0) is 6.42 Å². The molecule has 1 aliphatic rings. The fourth-order valence-corrected chi connectivity index (χ4v) is 5.35. The van der Waals surface area contributed by atoms with E-state index in [9.17, 15) is 0 Å². The maximum atomic E-state index is 2.64. The standard InChI is InChI=1S/C29H42/c1-5-9-11-15-22(7-3)25-20-27(23(8-4)16-12-10-6-2)29-19-24-17-13-14-18-26(24)28(29)21-25/h13-14,17-18,20-23H,5-12,15-16,19H2,1-4H3. The second-order valence-electron chi connectivity index (χ2n) is 9.17. The van der Waals surface area contributed by atoms with Crippen LogP contribution in [0.3, 0.4) is 0 Å².